The zero-order valence-electron chi connectivity index (χ0n) is 11.9. The molecule has 0 aliphatic carbocycles. The van der Waals surface area contributed by atoms with Crippen molar-refractivity contribution in [2.75, 3.05) is 19.8 Å². The first kappa shape index (κ1) is 12.8. The third-order valence-electron chi connectivity index (χ3n) is 4.38. The molecule has 2 aliphatic heterocycles. The maximum absolute atomic E-state index is 5.74. The Kier molecular flexibility index (Phi) is 3.65. The molecule has 1 aromatic carbocycles. The summed E-state index contributed by atoms with van der Waals surface area (Å²) >= 11 is 0. The minimum absolute atomic E-state index is 0.620. The Labute approximate surface area is 115 Å². The second kappa shape index (κ2) is 5.41. The molecule has 0 spiro atoms. The van der Waals surface area contributed by atoms with Crippen LogP contribution in [0.4, 0.5) is 0 Å². The number of piperidine rings is 1. The Morgan fingerprint density at radius 2 is 2.00 bits per heavy atom. The predicted octanol–water partition coefficient (Wildman–Crippen LogP) is 2.76. The number of ether oxygens (including phenoxy) is 2. The third kappa shape index (κ3) is 2.57. The van der Waals surface area contributed by atoms with Gasteiger partial charge in [-0.15, -0.1) is 0 Å². The molecule has 1 atom stereocenters. The lowest BCUT2D eigenvalue weighted by Crippen LogP contribution is -2.35. The summed E-state index contributed by atoms with van der Waals surface area (Å²) in [6, 6.07) is 2.81. The number of rotatable bonds is 2. The molecule has 3 rings (SSSR count). The Balaban J connectivity index is 1.86. The number of nitrogens with one attached hydrogen (secondary N) is 1. The second-order valence-electron chi connectivity index (χ2n) is 5.66. The summed E-state index contributed by atoms with van der Waals surface area (Å²) in [5, 5.41) is 3.62. The number of fused-ring (bicyclic) bond motifs is 1. The number of hydrogen-bond donors (Lipinski definition) is 1. The van der Waals surface area contributed by atoms with Crippen LogP contribution in [0.25, 0.3) is 0 Å². The van der Waals surface area contributed by atoms with Crippen LogP contribution in [-0.4, -0.2) is 25.8 Å². The van der Waals surface area contributed by atoms with E-state index in [1.54, 1.807) is 0 Å². The van der Waals surface area contributed by atoms with Crippen molar-refractivity contribution in [3.05, 3.63) is 22.8 Å². The third-order valence-corrected chi connectivity index (χ3v) is 4.38. The lowest BCUT2D eigenvalue weighted by molar-refractivity contribution is 0.170. The molecule has 0 aromatic heterocycles. The van der Waals surface area contributed by atoms with E-state index in [1.165, 1.54) is 36.0 Å². The molecular weight excluding hydrogens is 238 g/mol. The van der Waals surface area contributed by atoms with E-state index in [9.17, 15) is 0 Å². The summed E-state index contributed by atoms with van der Waals surface area (Å²) in [6.45, 7) is 6.83. The molecular formula is C16H23NO2. The average Bonchev–Trinajstić information content (AvgIpc) is 2.46. The first-order valence-corrected chi connectivity index (χ1v) is 7.38. The minimum atomic E-state index is 0.620. The first-order chi connectivity index (χ1) is 9.25. The second-order valence-corrected chi connectivity index (χ2v) is 5.66. The van der Waals surface area contributed by atoms with E-state index in [1.807, 2.05) is 0 Å². The van der Waals surface area contributed by atoms with Crippen LogP contribution in [0.2, 0.25) is 0 Å². The van der Waals surface area contributed by atoms with Crippen LogP contribution in [0, 0.1) is 13.8 Å². The van der Waals surface area contributed by atoms with E-state index >= 15 is 0 Å². The summed E-state index contributed by atoms with van der Waals surface area (Å²) in [4.78, 5) is 0. The molecule has 2 aliphatic rings. The molecule has 0 saturated carbocycles. The number of hydrogen-bond acceptors (Lipinski definition) is 3. The van der Waals surface area contributed by atoms with Crippen LogP contribution < -0.4 is 14.8 Å². The quantitative estimate of drug-likeness (QED) is 0.888. The van der Waals surface area contributed by atoms with Gasteiger partial charge in [-0.25, -0.2) is 0 Å². The van der Waals surface area contributed by atoms with Gasteiger partial charge in [0, 0.05) is 6.04 Å². The predicted molar refractivity (Wildman–Crippen MR) is 76.3 cm³/mol. The van der Waals surface area contributed by atoms with Gasteiger partial charge in [0.25, 0.3) is 0 Å². The van der Waals surface area contributed by atoms with Gasteiger partial charge in [-0.1, -0.05) is 6.42 Å². The molecule has 0 bridgehead atoms. The Hall–Kier alpha value is -1.22. The van der Waals surface area contributed by atoms with Crippen LogP contribution in [0.3, 0.4) is 0 Å². The highest BCUT2D eigenvalue weighted by molar-refractivity contribution is 5.54. The lowest BCUT2D eigenvalue weighted by Gasteiger charge is -2.27. The lowest BCUT2D eigenvalue weighted by atomic mass is 9.92. The molecule has 104 valence electrons. The van der Waals surface area contributed by atoms with Crippen molar-refractivity contribution in [1.82, 2.24) is 5.32 Å². The highest BCUT2D eigenvalue weighted by Crippen LogP contribution is 2.37. The standard InChI is InChI=1S/C16H23NO2/c1-11-12(2)16-15(18-7-8-19-16)10-13(11)9-14-5-3-4-6-17-14/h10,14,17H,3-9H2,1-2H3. The van der Waals surface area contributed by atoms with Gasteiger partial charge in [0.1, 0.15) is 13.2 Å². The van der Waals surface area contributed by atoms with Gasteiger partial charge in [0.2, 0.25) is 0 Å². The van der Waals surface area contributed by atoms with E-state index < -0.39 is 0 Å². The zero-order chi connectivity index (χ0) is 13.2. The molecule has 1 saturated heterocycles. The van der Waals surface area contributed by atoms with Crippen molar-refractivity contribution in [1.29, 1.82) is 0 Å². The van der Waals surface area contributed by atoms with E-state index in [4.69, 9.17) is 9.47 Å². The fraction of sp³-hybridized carbons (Fsp3) is 0.625. The maximum atomic E-state index is 5.74. The van der Waals surface area contributed by atoms with E-state index in [2.05, 4.69) is 25.2 Å². The molecule has 0 amide bonds. The van der Waals surface area contributed by atoms with E-state index in [-0.39, 0.29) is 0 Å². The van der Waals surface area contributed by atoms with Gasteiger partial charge in [-0.2, -0.15) is 0 Å². The Bertz CT molecular complexity index is 464. The van der Waals surface area contributed by atoms with Gasteiger partial charge in [-0.05, 0) is 62.4 Å². The zero-order valence-corrected chi connectivity index (χ0v) is 11.9. The maximum Gasteiger partial charge on any atom is 0.164 e. The van der Waals surface area contributed by atoms with Gasteiger partial charge in [-0.3, -0.25) is 0 Å². The monoisotopic (exact) mass is 261 g/mol. The normalized spacial score (nSPS) is 22.3. The summed E-state index contributed by atoms with van der Waals surface area (Å²) in [5.74, 6) is 1.88. The van der Waals surface area contributed by atoms with Crippen LogP contribution in [-0.2, 0) is 6.42 Å². The molecule has 1 fully saturated rings. The molecule has 19 heavy (non-hydrogen) atoms. The first-order valence-electron chi connectivity index (χ1n) is 7.38. The molecule has 3 heteroatoms. The van der Waals surface area contributed by atoms with Crippen molar-refractivity contribution >= 4 is 0 Å². The van der Waals surface area contributed by atoms with Crippen LogP contribution in [0.1, 0.15) is 36.0 Å². The van der Waals surface area contributed by atoms with Crippen molar-refractivity contribution in [2.45, 2.75) is 45.6 Å². The topological polar surface area (TPSA) is 30.5 Å². The van der Waals surface area contributed by atoms with Crippen LogP contribution in [0.15, 0.2) is 6.07 Å². The highest BCUT2D eigenvalue weighted by Gasteiger charge is 2.21. The minimum Gasteiger partial charge on any atom is -0.486 e. The summed E-state index contributed by atoms with van der Waals surface area (Å²) in [5.41, 5.74) is 4.00. The molecule has 1 unspecified atom stereocenters. The van der Waals surface area contributed by atoms with Gasteiger partial charge in [0.05, 0.1) is 0 Å². The molecule has 1 aromatic rings. The van der Waals surface area contributed by atoms with Crippen molar-refractivity contribution in [2.24, 2.45) is 0 Å². The molecule has 2 heterocycles. The van der Waals surface area contributed by atoms with Gasteiger partial charge >= 0.3 is 0 Å². The molecule has 0 radical (unpaired) electrons. The summed E-state index contributed by atoms with van der Waals surface area (Å²) in [6.07, 6.45) is 5.05. The van der Waals surface area contributed by atoms with Crippen molar-refractivity contribution in [3.8, 4) is 11.5 Å². The van der Waals surface area contributed by atoms with E-state index in [0.717, 1.165) is 24.5 Å². The van der Waals surface area contributed by atoms with Crippen molar-refractivity contribution < 1.29 is 9.47 Å². The molecule has 1 N–H and O–H groups in total. The van der Waals surface area contributed by atoms with E-state index in [0.29, 0.717) is 19.3 Å². The number of benzene rings is 1. The summed E-state index contributed by atoms with van der Waals surface area (Å²) < 4.78 is 11.5. The Morgan fingerprint density at radius 1 is 1.16 bits per heavy atom. The Morgan fingerprint density at radius 3 is 2.79 bits per heavy atom. The van der Waals surface area contributed by atoms with Crippen molar-refractivity contribution in [3.63, 3.8) is 0 Å². The van der Waals surface area contributed by atoms with Crippen LogP contribution in [0.5, 0.6) is 11.5 Å². The highest BCUT2D eigenvalue weighted by atomic mass is 16.6. The molecule has 3 nitrogen and oxygen atoms in total. The van der Waals surface area contributed by atoms with Gasteiger partial charge < -0.3 is 14.8 Å². The fourth-order valence-electron chi connectivity index (χ4n) is 3.09. The largest absolute Gasteiger partial charge is 0.486 e. The van der Waals surface area contributed by atoms with Gasteiger partial charge in [0.15, 0.2) is 11.5 Å². The smallest absolute Gasteiger partial charge is 0.164 e. The van der Waals surface area contributed by atoms with Crippen LogP contribution >= 0.6 is 0 Å². The average molecular weight is 261 g/mol. The fourth-order valence-corrected chi connectivity index (χ4v) is 3.09. The SMILES string of the molecule is Cc1c(CC2CCCCN2)cc2c(c1C)OCCO2. The summed E-state index contributed by atoms with van der Waals surface area (Å²) in [7, 11) is 0.